The zero-order valence-corrected chi connectivity index (χ0v) is 16.0. The highest BCUT2D eigenvalue weighted by Gasteiger charge is 2.27. The molecule has 1 N–H and O–H groups in total. The van der Waals surface area contributed by atoms with Gasteiger partial charge in [-0.2, -0.15) is 9.57 Å². The number of carbonyl (C=O) groups excluding carboxylic acids is 1. The van der Waals surface area contributed by atoms with Crippen LogP contribution in [-0.4, -0.2) is 52.0 Å². The molecule has 8 nitrogen and oxygen atoms in total. The van der Waals surface area contributed by atoms with Gasteiger partial charge < -0.3 is 14.8 Å². The Hall–Kier alpha value is -2.93. The van der Waals surface area contributed by atoms with Crippen LogP contribution in [0.15, 0.2) is 47.4 Å². The zero-order chi connectivity index (χ0) is 20.1. The number of amides is 1. The largest absolute Gasteiger partial charge is 0.495 e. The lowest BCUT2D eigenvalue weighted by Gasteiger charge is -2.26. The van der Waals surface area contributed by atoms with Crippen LogP contribution in [0.5, 0.6) is 5.75 Å². The van der Waals surface area contributed by atoms with Gasteiger partial charge in [0.15, 0.2) is 0 Å². The van der Waals surface area contributed by atoms with Crippen LogP contribution < -0.4 is 10.1 Å². The van der Waals surface area contributed by atoms with Crippen LogP contribution in [0.3, 0.4) is 0 Å². The van der Waals surface area contributed by atoms with Gasteiger partial charge in [0.1, 0.15) is 5.75 Å². The molecule has 0 spiro atoms. The van der Waals surface area contributed by atoms with Crippen LogP contribution in [0.4, 0.5) is 5.69 Å². The highest BCUT2D eigenvalue weighted by Crippen LogP contribution is 2.29. The van der Waals surface area contributed by atoms with E-state index in [4.69, 9.17) is 14.7 Å². The molecular weight excluding hydrogens is 382 g/mol. The fraction of sp³-hybridized carbons (Fsp3) is 0.263. The van der Waals surface area contributed by atoms with E-state index in [0.717, 1.165) is 0 Å². The van der Waals surface area contributed by atoms with Gasteiger partial charge in [-0.3, -0.25) is 4.79 Å². The Labute approximate surface area is 163 Å². The van der Waals surface area contributed by atoms with E-state index in [1.165, 1.54) is 53.9 Å². The fourth-order valence-electron chi connectivity index (χ4n) is 2.77. The average molecular weight is 401 g/mol. The summed E-state index contributed by atoms with van der Waals surface area (Å²) in [6.07, 6.45) is 0. The number of nitrogens with one attached hydrogen (secondary N) is 1. The molecule has 1 heterocycles. The van der Waals surface area contributed by atoms with Crippen molar-refractivity contribution in [1.82, 2.24) is 4.31 Å². The minimum Gasteiger partial charge on any atom is -0.495 e. The van der Waals surface area contributed by atoms with Crippen LogP contribution in [0, 0.1) is 11.3 Å². The van der Waals surface area contributed by atoms with Gasteiger partial charge in [-0.05, 0) is 42.5 Å². The number of hydrogen-bond donors (Lipinski definition) is 1. The number of methoxy groups -OCH3 is 1. The maximum Gasteiger partial charge on any atom is 0.255 e. The van der Waals surface area contributed by atoms with Crippen LogP contribution >= 0.6 is 0 Å². The molecule has 0 aromatic heterocycles. The number of ether oxygens (including phenoxy) is 2. The van der Waals surface area contributed by atoms with Crippen LogP contribution in [-0.2, 0) is 14.8 Å². The summed E-state index contributed by atoms with van der Waals surface area (Å²) in [5.74, 6) is -0.105. The summed E-state index contributed by atoms with van der Waals surface area (Å²) in [5.41, 5.74) is 1.02. The van der Waals surface area contributed by atoms with Crippen molar-refractivity contribution >= 4 is 21.6 Å². The summed E-state index contributed by atoms with van der Waals surface area (Å²) in [6.45, 7) is 1.25. The van der Waals surface area contributed by atoms with Gasteiger partial charge in [0.25, 0.3) is 5.91 Å². The number of rotatable bonds is 5. The predicted molar refractivity (Wildman–Crippen MR) is 102 cm³/mol. The smallest absolute Gasteiger partial charge is 0.255 e. The van der Waals surface area contributed by atoms with Gasteiger partial charge in [0.05, 0.1) is 42.5 Å². The molecule has 0 bridgehead atoms. The fourth-order valence-corrected chi connectivity index (χ4v) is 4.21. The van der Waals surface area contributed by atoms with Crippen molar-refractivity contribution in [3.63, 3.8) is 0 Å². The molecule has 3 rings (SSSR count). The first-order chi connectivity index (χ1) is 13.5. The molecule has 0 radical (unpaired) electrons. The lowest BCUT2D eigenvalue weighted by atomic mass is 10.1. The first kappa shape index (κ1) is 19.8. The molecule has 2 aromatic carbocycles. The molecule has 0 unspecified atom stereocenters. The average Bonchev–Trinajstić information content (AvgIpc) is 2.74. The van der Waals surface area contributed by atoms with Crippen LogP contribution in [0.2, 0.25) is 0 Å². The zero-order valence-electron chi connectivity index (χ0n) is 15.2. The summed E-state index contributed by atoms with van der Waals surface area (Å²) in [5, 5.41) is 11.5. The van der Waals surface area contributed by atoms with E-state index >= 15 is 0 Å². The molecule has 146 valence electrons. The van der Waals surface area contributed by atoms with Gasteiger partial charge >= 0.3 is 0 Å². The Morgan fingerprint density at radius 1 is 1.18 bits per heavy atom. The van der Waals surface area contributed by atoms with Gasteiger partial charge in [0.2, 0.25) is 10.0 Å². The van der Waals surface area contributed by atoms with Gasteiger partial charge in [-0.25, -0.2) is 8.42 Å². The molecule has 0 aliphatic carbocycles. The molecule has 1 aliphatic rings. The van der Waals surface area contributed by atoms with Crippen molar-refractivity contribution in [1.29, 1.82) is 5.26 Å². The van der Waals surface area contributed by atoms with E-state index in [9.17, 15) is 13.2 Å². The van der Waals surface area contributed by atoms with Crippen molar-refractivity contribution in [2.24, 2.45) is 0 Å². The van der Waals surface area contributed by atoms with E-state index in [1.807, 2.05) is 6.07 Å². The second-order valence-corrected chi connectivity index (χ2v) is 7.96. The first-order valence-corrected chi connectivity index (χ1v) is 9.97. The third kappa shape index (κ3) is 4.14. The number of nitrogens with zero attached hydrogens (tertiary/aromatic N) is 2. The normalized spacial score (nSPS) is 14.9. The highest BCUT2D eigenvalue weighted by atomic mass is 32.2. The topological polar surface area (TPSA) is 109 Å². The maximum absolute atomic E-state index is 12.9. The summed E-state index contributed by atoms with van der Waals surface area (Å²) in [4.78, 5) is 12.6. The minimum atomic E-state index is -3.71. The van der Waals surface area contributed by atoms with E-state index in [-0.39, 0.29) is 23.7 Å². The predicted octanol–water partition coefficient (Wildman–Crippen LogP) is 1.84. The van der Waals surface area contributed by atoms with Crippen LogP contribution in [0.25, 0.3) is 0 Å². The molecule has 1 amide bonds. The van der Waals surface area contributed by atoms with Gasteiger partial charge in [-0.15, -0.1) is 0 Å². The van der Waals surface area contributed by atoms with Gasteiger partial charge in [-0.1, -0.05) is 0 Å². The number of nitriles is 1. The highest BCUT2D eigenvalue weighted by molar-refractivity contribution is 7.89. The van der Waals surface area contributed by atoms with Crippen molar-refractivity contribution in [3.05, 3.63) is 53.6 Å². The monoisotopic (exact) mass is 401 g/mol. The molecule has 0 saturated carbocycles. The first-order valence-electron chi connectivity index (χ1n) is 8.53. The van der Waals surface area contributed by atoms with E-state index in [0.29, 0.717) is 30.1 Å². The molecule has 1 fully saturated rings. The number of morpholine rings is 1. The Kier molecular flexibility index (Phi) is 5.94. The van der Waals surface area contributed by atoms with Crippen molar-refractivity contribution < 1.29 is 22.7 Å². The number of sulfonamides is 1. The third-order valence-electron chi connectivity index (χ3n) is 4.30. The number of anilines is 1. The van der Waals surface area contributed by atoms with Crippen molar-refractivity contribution in [3.8, 4) is 11.8 Å². The van der Waals surface area contributed by atoms with E-state index in [2.05, 4.69) is 5.32 Å². The summed E-state index contributed by atoms with van der Waals surface area (Å²) in [6, 6.07) is 12.4. The van der Waals surface area contributed by atoms with E-state index in [1.54, 1.807) is 0 Å². The Bertz CT molecular complexity index is 1010. The molecule has 1 aliphatic heterocycles. The summed E-state index contributed by atoms with van der Waals surface area (Å²) < 4.78 is 37.5. The molecule has 28 heavy (non-hydrogen) atoms. The second-order valence-electron chi connectivity index (χ2n) is 6.02. The SMILES string of the molecule is COc1ccc(S(=O)(=O)N2CCOCC2)cc1NC(=O)c1ccc(C#N)cc1. The minimum absolute atomic E-state index is 0.0605. The van der Waals surface area contributed by atoms with Gasteiger partial charge in [0, 0.05) is 18.7 Å². The lowest BCUT2D eigenvalue weighted by molar-refractivity contribution is 0.0730. The third-order valence-corrected chi connectivity index (χ3v) is 6.20. The Balaban J connectivity index is 1.88. The molecule has 2 aromatic rings. The quantitative estimate of drug-likeness (QED) is 0.819. The molecule has 0 atom stereocenters. The van der Waals surface area contributed by atoms with Crippen LogP contribution in [0.1, 0.15) is 15.9 Å². The van der Waals surface area contributed by atoms with Crippen molar-refractivity contribution in [2.75, 3.05) is 38.7 Å². The van der Waals surface area contributed by atoms with Crippen molar-refractivity contribution in [2.45, 2.75) is 4.90 Å². The van der Waals surface area contributed by atoms with E-state index < -0.39 is 15.9 Å². The maximum atomic E-state index is 12.9. The lowest BCUT2D eigenvalue weighted by Crippen LogP contribution is -2.40. The number of hydrogen-bond acceptors (Lipinski definition) is 6. The Morgan fingerprint density at radius 2 is 1.86 bits per heavy atom. The number of carbonyl (C=O) groups is 1. The summed E-state index contributed by atoms with van der Waals surface area (Å²) in [7, 11) is -2.28. The number of benzene rings is 2. The molecule has 9 heteroatoms. The summed E-state index contributed by atoms with van der Waals surface area (Å²) >= 11 is 0. The second kappa shape index (κ2) is 8.39. The molecular formula is C19H19N3O5S. The standard InChI is InChI=1S/C19H19N3O5S/c1-26-18-7-6-16(28(24,25)22-8-10-27-11-9-22)12-17(18)21-19(23)15-4-2-14(13-20)3-5-15/h2-7,12H,8-11H2,1H3,(H,21,23). The molecule has 1 saturated heterocycles. The Morgan fingerprint density at radius 3 is 2.46 bits per heavy atom.